The van der Waals surface area contributed by atoms with Crippen molar-refractivity contribution in [3.8, 4) is 0 Å². The maximum atomic E-state index is 9.75. The van der Waals surface area contributed by atoms with Crippen LogP contribution in [0.1, 0.15) is 141 Å². The Bertz CT molecular complexity index is 659. The Labute approximate surface area is 224 Å². The van der Waals surface area contributed by atoms with Crippen molar-refractivity contribution in [2.75, 3.05) is 26.2 Å². The highest BCUT2D eigenvalue weighted by molar-refractivity contribution is 5.76. The van der Waals surface area contributed by atoms with Crippen molar-refractivity contribution < 1.29 is 9.59 Å². The Kier molecular flexibility index (Phi) is 17.9. The Balaban J connectivity index is 1.41. The van der Waals surface area contributed by atoms with Gasteiger partial charge in [-0.2, -0.15) is 0 Å². The lowest BCUT2D eigenvalue weighted by molar-refractivity contribution is -0.850. The van der Waals surface area contributed by atoms with Crippen molar-refractivity contribution in [2.24, 2.45) is 4.99 Å². The molecule has 0 spiro atoms. The maximum Gasteiger partial charge on any atom is 0.198 e. The minimum absolute atomic E-state index is 0.241. The summed E-state index contributed by atoms with van der Waals surface area (Å²) in [5.41, 5.74) is 1.36. The molecule has 1 aliphatic rings. The summed E-state index contributed by atoms with van der Waals surface area (Å²) in [6, 6.07) is 10.7. The Morgan fingerprint density at radius 2 is 1.14 bits per heavy atom. The van der Waals surface area contributed by atoms with Gasteiger partial charge in [0.1, 0.15) is 19.6 Å². The first kappa shape index (κ1) is 31.0. The summed E-state index contributed by atoms with van der Waals surface area (Å²) in [4.78, 5) is 4.90. The van der Waals surface area contributed by atoms with Crippen molar-refractivity contribution in [3.05, 3.63) is 35.9 Å². The second-order valence-corrected chi connectivity index (χ2v) is 11.4. The largest absolute Gasteiger partial charge is 0.390 e. The number of aliphatic imine (C=N–C) groups is 1. The topological polar surface area (TPSA) is 32.6 Å². The Hall–Kier alpha value is -1.19. The fraction of sp³-hybridized carbons (Fsp3) is 0.788. The summed E-state index contributed by atoms with van der Waals surface area (Å²) in [6.07, 6.45) is 28.1. The number of nitrogens with zero attached hydrogens (tertiary/aromatic N) is 2. The molecule has 2 rings (SSSR count). The van der Waals surface area contributed by atoms with E-state index in [0.717, 1.165) is 37.1 Å². The highest BCUT2D eigenvalue weighted by atomic mass is 16.3. The maximum absolute atomic E-state index is 9.75. The highest BCUT2D eigenvalue weighted by Gasteiger charge is 2.37. The molecule has 0 amide bonds. The molecule has 1 aliphatic heterocycles. The van der Waals surface area contributed by atoms with Crippen LogP contribution in [0.4, 0.5) is 0 Å². The van der Waals surface area contributed by atoms with Gasteiger partial charge in [0, 0.05) is 12.0 Å². The van der Waals surface area contributed by atoms with E-state index in [0.29, 0.717) is 0 Å². The normalized spacial score (nSPS) is 17.6. The Morgan fingerprint density at radius 3 is 1.61 bits per heavy atom. The predicted octanol–water partition coefficient (Wildman–Crippen LogP) is 9.23. The molecule has 206 valence electrons. The van der Waals surface area contributed by atoms with Crippen molar-refractivity contribution in [2.45, 2.75) is 142 Å². The number of rotatable bonds is 24. The van der Waals surface area contributed by atoms with Crippen LogP contribution in [0, 0.1) is 0 Å². The minimum atomic E-state index is 0.241. The number of benzene rings is 1. The number of aliphatic hydroxyl groups is 1. The molecule has 0 bridgehead atoms. The summed E-state index contributed by atoms with van der Waals surface area (Å²) in [5.74, 6) is 1.33. The third-order valence-corrected chi connectivity index (χ3v) is 8.23. The summed E-state index contributed by atoms with van der Waals surface area (Å²) in [6.45, 7) is 6.27. The van der Waals surface area contributed by atoms with Crippen molar-refractivity contribution >= 4 is 5.84 Å². The quantitative estimate of drug-likeness (QED) is 0.112. The van der Waals surface area contributed by atoms with E-state index in [1.165, 1.54) is 133 Å². The smallest absolute Gasteiger partial charge is 0.198 e. The highest BCUT2D eigenvalue weighted by Crippen LogP contribution is 2.24. The van der Waals surface area contributed by atoms with Crippen molar-refractivity contribution in [3.63, 3.8) is 0 Å². The van der Waals surface area contributed by atoms with Crippen LogP contribution in [0.2, 0.25) is 0 Å². The monoisotopic (exact) mass is 499 g/mol. The van der Waals surface area contributed by atoms with Gasteiger partial charge in [0.2, 0.25) is 0 Å². The lowest BCUT2D eigenvalue weighted by Crippen LogP contribution is -2.51. The average Bonchev–Trinajstić information content (AvgIpc) is 3.27. The first-order valence-electron chi connectivity index (χ1n) is 15.9. The number of quaternary nitrogens is 1. The van der Waals surface area contributed by atoms with Crippen molar-refractivity contribution in [1.82, 2.24) is 0 Å². The fourth-order valence-electron chi connectivity index (χ4n) is 5.94. The summed E-state index contributed by atoms with van der Waals surface area (Å²) in [7, 11) is 0. The van der Waals surface area contributed by atoms with E-state index in [1.54, 1.807) is 0 Å². The lowest BCUT2D eigenvalue weighted by Gasteiger charge is -2.34. The molecule has 0 radical (unpaired) electrons. The predicted molar refractivity (Wildman–Crippen MR) is 158 cm³/mol. The second-order valence-electron chi connectivity index (χ2n) is 11.4. The molecule has 1 N–H and O–H groups in total. The number of hydrogen-bond donors (Lipinski definition) is 1. The minimum Gasteiger partial charge on any atom is -0.390 e. The van der Waals surface area contributed by atoms with Gasteiger partial charge in [-0.15, -0.1) is 0 Å². The molecule has 1 aromatic rings. The van der Waals surface area contributed by atoms with Gasteiger partial charge < -0.3 is 5.11 Å². The van der Waals surface area contributed by atoms with Crippen LogP contribution in [0.25, 0.3) is 0 Å². The third-order valence-electron chi connectivity index (χ3n) is 8.23. The van der Waals surface area contributed by atoms with E-state index in [4.69, 9.17) is 4.99 Å². The van der Waals surface area contributed by atoms with E-state index in [-0.39, 0.29) is 6.61 Å². The lowest BCUT2D eigenvalue weighted by atomic mass is 10.0. The number of hydrogen-bond acceptors (Lipinski definition) is 2. The number of amidine groups is 1. The molecule has 0 aliphatic carbocycles. The molecular weight excluding hydrogens is 440 g/mol. The fourth-order valence-corrected chi connectivity index (χ4v) is 5.94. The van der Waals surface area contributed by atoms with Crippen LogP contribution in [0.15, 0.2) is 35.3 Å². The SMILES string of the molecule is CCCCCCCCCCCCCCCCCCCCCC1=NCC[N+]1(CCO)Cc1ccccc1. The van der Waals surface area contributed by atoms with Gasteiger partial charge in [0.15, 0.2) is 5.84 Å². The Morgan fingerprint density at radius 1 is 0.667 bits per heavy atom. The number of aliphatic hydroxyl groups excluding tert-OH is 1. The van der Waals surface area contributed by atoms with Crippen LogP contribution in [-0.2, 0) is 6.54 Å². The number of unbranched alkanes of at least 4 members (excludes halogenated alkanes) is 18. The third kappa shape index (κ3) is 13.4. The molecule has 36 heavy (non-hydrogen) atoms. The first-order chi connectivity index (χ1) is 17.8. The van der Waals surface area contributed by atoms with Crippen LogP contribution < -0.4 is 0 Å². The molecule has 1 atom stereocenters. The molecule has 3 nitrogen and oxygen atoms in total. The van der Waals surface area contributed by atoms with E-state index >= 15 is 0 Å². The summed E-state index contributed by atoms with van der Waals surface area (Å²) >= 11 is 0. The van der Waals surface area contributed by atoms with Gasteiger partial charge in [-0.05, 0) is 6.42 Å². The van der Waals surface area contributed by atoms with Crippen LogP contribution in [0.5, 0.6) is 0 Å². The van der Waals surface area contributed by atoms with E-state index < -0.39 is 0 Å². The standard InChI is InChI=1S/C33H59N2O/c1-2-3-4-5-6-7-8-9-10-11-12-13-14-15-16-17-18-19-23-26-33-34-27-28-35(33,29-30-36)31-32-24-21-20-22-25-32/h20-22,24-25,36H,2-19,23,26-31H2,1H3/q+1. The summed E-state index contributed by atoms with van der Waals surface area (Å²) in [5, 5.41) is 9.75. The van der Waals surface area contributed by atoms with Gasteiger partial charge >= 0.3 is 0 Å². The van der Waals surface area contributed by atoms with E-state index in [9.17, 15) is 5.11 Å². The van der Waals surface area contributed by atoms with Gasteiger partial charge in [-0.1, -0.05) is 153 Å². The van der Waals surface area contributed by atoms with E-state index in [2.05, 4.69) is 37.3 Å². The zero-order valence-electron chi connectivity index (χ0n) is 23.9. The van der Waals surface area contributed by atoms with Gasteiger partial charge in [0.05, 0.1) is 13.2 Å². The molecule has 1 heterocycles. The zero-order valence-corrected chi connectivity index (χ0v) is 23.9. The molecule has 0 saturated carbocycles. The molecule has 1 unspecified atom stereocenters. The molecular formula is C33H59N2O+. The molecule has 0 aromatic heterocycles. The van der Waals surface area contributed by atoms with Crippen LogP contribution >= 0.6 is 0 Å². The van der Waals surface area contributed by atoms with Gasteiger partial charge in [-0.25, -0.2) is 4.99 Å². The second kappa shape index (κ2) is 20.8. The zero-order chi connectivity index (χ0) is 25.6. The average molecular weight is 500 g/mol. The molecule has 3 heteroatoms. The van der Waals surface area contributed by atoms with Gasteiger partial charge in [-0.3, -0.25) is 4.48 Å². The molecule has 0 saturated heterocycles. The van der Waals surface area contributed by atoms with Crippen LogP contribution in [0.3, 0.4) is 0 Å². The molecule has 0 fully saturated rings. The summed E-state index contributed by atoms with van der Waals surface area (Å²) < 4.78 is 0.875. The van der Waals surface area contributed by atoms with Crippen LogP contribution in [-0.4, -0.2) is 41.7 Å². The van der Waals surface area contributed by atoms with E-state index in [1.807, 2.05) is 0 Å². The van der Waals surface area contributed by atoms with Gasteiger partial charge in [0.25, 0.3) is 0 Å². The van der Waals surface area contributed by atoms with Crippen molar-refractivity contribution in [1.29, 1.82) is 0 Å². The first-order valence-corrected chi connectivity index (χ1v) is 15.9. The molecule has 1 aromatic carbocycles.